The number of fused-ring (bicyclic) bond motifs is 1. The number of benzene rings is 1. The summed E-state index contributed by atoms with van der Waals surface area (Å²) in [4.78, 5) is 16.6. The first-order chi connectivity index (χ1) is 12.2. The van der Waals surface area contributed by atoms with E-state index in [4.69, 9.17) is 0 Å². The average Bonchev–Trinajstić information content (AvgIpc) is 2.71. The van der Waals surface area contributed by atoms with E-state index >= 15 is 0 Å². The van der Waals surface area contributed by atoms with Crippen LogP contribution in [0.25, 0.3) is 6.08 Å². The fourth-order valence-corrected chi connectivity index (χ4v) is 2.97. The van der Waals surface area contributed by atoms with Crippen molar-refractivity contribution in [2.45, 2.75) is 65.9 Å². The molecule has 0 aromatic heterocycles. The molecule has 1 heterocycles. The fraction of sp³-hybridized carbons (Fsp3) is 0.524. The van der Waals surface area contributed by atoms with Gasteiger partial charge in [0.05, 0.1) is 5.69 Å². The molecule has 5 heteroatoms. The Morgan fingerprint density at radius 1 is 1.27 bits per heavy atom. The summed E-state index contributed by atoms with van der Waals surface area (Å²) in [5.74, 6) is 0.455. The largest absolute Gasteiger partial charge is 0.435 e. The quantitative estimate of drug-likeness (QED) is 0.505. The highest BCUT2D eigenvalue weighted by Crippen LogP contribution is 2.30. The number of carbonyl (C=O) groups excluding carboxylic acids is 1. The molecule has 1 aromatic rings. The van der Waals surface area contributed by atoms with Crippen LogP contribution < -0.4 is 4.74 Å². The Kier molecular flexibility index (Phi) is 7.06. The van der Waals surface area contributed by atoms with Crippen LogP contribution in [0.1, 0.15) is 64.9 Å². The molecule has 0 N–H and O–H groups in total. The molecule has 0 atom stereocenters. The van der Waals surface area contributed by atoms with Gasteiger partial charge in [0.2, 0.25) is 0 Å². The van der Waals surface area contributed by atoms with Crippen molar-refractivity contribution in [3.8, 4) is 5.75 Å². The zero-order valence-electron chi connectivity index (χ0n) is 15.7. The Labute approximate surface area is 154 Å². The highest BCUT2D eigenvalue weighted by Gasteiger charge is 2.15. The molecule has 0 saturated heterocycles. The van der Waals surface area contributed by atoms with E-state index < -0.39 is 6.61 Å². The number of ketones is 1. The van der Waals surface area contributed by atoms with Crippen molar-refractivity contribution < 1.29 is 18.3 Å². The molecule has 0 bridgehead atoms. The van der Waals surface area contributed by atoms with Crippen LogP contribution in [0, 0.1) is 5.41 Å². The monoisotopic (exact) mass is 363 g/mol. The summed E-state index contributed by atoms with van der Waals surface area (Å²) in [6.07, 6.45) is 8.46. The Morgan fingerprint density at radius 3 is 2.73 bits per heavy atom. The van der Waals surface area contributed by atoms with Crippen LogP contribution in [0.3, 0.4) is 0 Å². The highest BCUT2D eigenvalue weighted by atomic mass is 19.3. The fourth-order valence-electron chi connectivity index (χ4n) is 2.97. The van der Waals surface area contributed by atoms with Gasteiger partial charge in [0.1, 0.15) is 11.5 Å². The van der Waals surface area contributed by atoms with Crippen molar-refractivity contribution in [1.29, 1.82) is 0 Å². The maximum Gasteiger partial charge on any atom is 0.387 e. The molecule has 0 radical (unpaired) electrons. The Morgan fingerprint density at radius 2 is 2.04 bits per heavy atom. The molecular weight excluding hydrogens is 336 g/mol. The van der Waals surface area contributed by atoms with Gasteiger partial charge in [-0.3, -0.25) is 9.79 Å². The molecule has 2 rings (SSSR count). The van der Waals surface area contributed by atoms with Crippen LogP contribution >= 0.6 is 0 Å². The van der Waals surface area contributed by atoms with E-state index in [2.05, 4.69) is 30.5 Å². The number of allylic oxidation sites excluding steroid dienone is 1. The summed E-state index contributed by atoms with van der Waals surface area (Å²) >= 11 is 0. The first-order valence-corrected chi connectivity index (χ1v) is 9.06. The molecule has 1 aliphatic heterocycles. The predicted octanol–water partition coefficient (Wildman–Crippen LogP) is 6.34. The third-order valence-corrected chi connectivity index (χ3v) is 4.05. The van der Waals surface area contributed by atoms with Gasteiger partial charge < -0.3 is 4.74 Å². The maximum absolute atomic E-state index is 12.3. The second kappa shape index (κ2) is 9.06. The number of Topliss-reactive ketones (excluding diaryl/α,β-unsaturated/α-hetero) is 1. The number of alkyl halides is 2. The van der Waals surface area contributed by atoms with Crippen LogP contribution in [0.2, 0.25) is 0 Å². The van der Waals surface area contributed by atoms with E-state index in [1.807, 2.05) is 12.2 Å². The van der Waals surface area contributed by atoms with Gasteiger partial charge in [0, 0.05) is 30.5 Å². The van der Waals surface area contributed by atoms with Gasteiger partial charge in [0.25, 0.3) is 0 Å². The minimum atomic E-state index is -2.83. The van der Waals surface area contributed by atoms with Crippen LogP contribution in [0.15, 0.2) is 29.3 Å². The molecule has 0 saturated carbocycles. The van der Waals surface area contributed by atoms with Crippen molar-refractivity contribution >= 4 is 23.3 Å². The molecule has 0 fully saturated rings. The third-order valence-electron chi connectivity index (χ3n) is 4.05. The van der Waals surface area contributed by atoms with Gasteiger partial charge in [-0.2, -0.15) is 8.78 Å². The molecule has 1 aliphatic rings. The summed E-state index contributed by atoms with van der Waals surface area (Å²) < 4.78 is 29.1. The number of nitrogens with zero attached hydrogens (tertiary/aromatic N) is 1. The summed E-state index contributed by atoms with van der Waals surface area (Å²) in [5, 5.41) is 0. The number of unbranched alkanes of at least 4 members (excludes halogenated alkanes) is 1. The summed E-state index contributed by atoms with van der Waals surface area (Å²) in [7, 11) is 0. The van der Waals surface area contributed by atoms with Crippen LogP contribution in [-0.4, -0.2) is 18.1 Å². The molecule has 0 spiro atoms. The summed E-state index contributed by atoms with van der Waals surface area (Å²) in [6, 6.07) is 4.79. The summed E-state index contributed by atoms with van der Waals surface area (Å²) in [6.45, 7) is 3.40. The predicted molar refractivity (Wildman–Crippen MR) is 101 cm³/mol. The number of carbonyl (C=O) groups is 1. The van der Waals surface area contributed by atoms with Gasteiger partial charge >= 0.3 is 6.61 Å². The summed E-state index contributed by atoms with van der Waals surface area (Å²) in [5.41, 5.74) is 2.63. The topological polar surface area (TPSA) is 38.7 Å². The SMILES string of the molecule is CC(C)(C)CC(=O)CCCCC1=Nc2ccc(OC(F)F)cc2C=CC1. The van der Waals surface area contributed by atoms with Crippen molar-refractivity contribution in [3.05, 3.63) is 29.8 Å². The van der Waals surface area contributed by atoms with Gasteiger partial charge in [0.15, 0.2) is 0 Å². The van der Waals surface area contributed by atoms with Crippen LogP contribution in [0.4, 0.5) is 14.5 Å². The first-order valence-electron chi connectivity index (χ1n) is 9.06. The number of hydrogen-bond acceptors (Lipinski definition) is 3. The van der Waals surface area contributed by atoms with E-state index in [9.17, 15) is 13.6 Å². The highest BCUT2D eigenvalue weighted by molar-refractivity contribution is 5.91. The van der Waals surface area contributed by atoms with Crippen molar-refractivity contribution in [1.82, 2.24) is 0 Å². The second-order valence-electron chi connectivity index (χ2n) is 7.87. The lowest BCUT2D eigenvalue weighted by molar-refractivity contribution is -0.120. The normalized spacial score (nSPS) is 14.0. The average molecular weight is 363 g/mol. The Bertz CT molecular complexity index is 688. The molecule has 1 aromatic carbocycles. The molecule has 3 nitrogen and oxygen atoms in total. The van der Waals surface area contributed by atoms with E-state index in [0.717, 1.165) is 42.6 Å². The van der Waals surface area contributed by atoms with E-state index in [1.54, 1.807) is 12.1 Å². The first kappa shape index (κ1) is 20.3. The van der Waals surface area contributed by atoms with Crippen LogP contribution in [0.5, 0.6) is 5.75 Å². The van der Waals surface area contributed by atoms with Crippen molar-refractivity contribution in [3.63, 3.8) is 0 Å². The number of rotatable bonds is 8. The molecule has 142 valence electrons. The van der Waals surface area contributed by atoms with Gasteiger partial charge in [-0.05, 0) is 42.9 Å². The molecule has 0 unspecified atom stereocenters. The minimum Gasteiger partial charge on any atom is -0.435 e. The van der Waals surface area contributed by atoms with Gasteiger partial charge in [-0.1, -0.05) is 32.9 Å². The van der Waals surface area contributed by atoms with Crippen LogP contribution in [-0.2, 0) is 4.79 Å². The molecule has 0 amide bonds. The van der Waals surface area contributed by atoms with E-state index in [0.29, 0.717) is 18.6 Å². The number of aliphatic imine (C=N–C) groups is 1. The zero-order chi connectivity index (χ0) is 19.2. The van der Waals surface area contributed by atoms with Gasteiger partial charge in [-0.25, -0.2) is 0 Å². The maximum atomic E-state index is 12.3. The molecule has 0 aliphatic carbocycles. The number of hydrogen-bond donors (Lipinski definition) is 0. The van der Waals surface area contributed by atoms with E-state index in [1.165, 1.54) is 6.07 Å². The lowest BCUT2D eigenvalue weighted by atomic mass is 9.88. The van der Waals surface area contributed by atoms with Crippen molar-refractivity contribution in [2.75, 3.05) is 0 Å². The standard InChI is InChI=1S/C21H27F2NO2/c1-21(2,3)14-17(25)10-5-4-8-16-9-6-7-15-13-18(26-20(22)23)11-12-19(15)24-16/h6-7,11-13,20H,4-5,8-10,14H2,1-3H3. The van der Waals surface area contributed by atoms with Crippen molar-refractivity contribution in [2.24, 2.45) is 10.4 Å². The lowest BCUT2D eigenvalue weighted by Crippen LogP contribution is -2.12. The molecular formula is C21H27F2NO2. The number of ether oxygens (including phenoxy) is 1. The zero-order valence-corrected chi connectivity index (χ0v) is 15.7. The second-order valence-corrected chi connectivity index (χ2v) is 7.87. The third kappa shape index (κ3) is 7.06. The number of halogens is 2. The van der Waals surface area contributed by atoms with E-state index in [-0.39, 0.29) is 11.2 Å². The molecule has 26 heavy (non-hydrogen) atoms. The lowest BCUT2D eigenvalue weighted by Gasteiger charge is -2.16. The Balaban J connectivity index is 1.88. The minimum absolute atomic E-state index is 0.0455. The van der Waals surface area contributed by atoms with Gasteiger partial charge in [-0.15, -0.1) is 0 Å². The Hall–Kier alpha value is -2.04. The smallest absolute Gasteiger partial charge is 0.387 e.